The summed E-state index contributed by atoms with van der Waals surface area (Å²) in [6.07, 6.45) is 1.99. The Morgan fingerprint density at radius 2 is 1.73 bits per heavy atom. The summed E-state index contributed by atoms with van der Waals surface area (Å²) in [6, 6.07) is 24.7. The number of nitrogens with zero attached hydrogens (tertiary/aromatic N) is 3. The summed E-state index contributed by atoms with van der Waals surface area (Å²) in [4.78, 5) is 32.0. The Morgan fingerprint density at radius 3 is 2.48 bits per heavy atom. The molecule has 1 N–H and O–H groups in total. The standard InChI is InChI=1S/C26H22N4O2S/c1-17-10-12-18(13-11-17)21-15-25(32)30-23-9-4-3-8-22(23)29(26(30)28-21)16-24(31)27-19-6-5-7-20(14-19)33-2/h3-15H,16H2,1-2H3,(H,27,31). The molecule has 33 heavy (non-hydrogen) atoms. The Labute approximate surface area is 194 Å². The van der Waals surface area contributed by atoms with Crippen molar-refractivity contribution in [3.05, 3.63) is 94.8 Å². The molecule has 2 aromatic heterocycles. The molecule has 0 fully saturated rings. The van der Waals surface area contributed by atoms with Gasteiger partial charge in [0.05, 0.1) is 16.7 Å². The van der Waals surface area contributed by atoms with Crippen LogP contribution >= 0.6 is 11.8 Å². The fourth-order valence-corrected chi connectivity index (χ4v) is 4.40. The number of nitrogens with one attached hydrogen (secondary N) is 1. The van der Waals surface area contributed by atoms with Crippen molar-refractivity contribution in [2.24, 2.45) is 0 Å². The summed E-state index contributed by atoms with van der Waals surface area (Å²) >= 11 is 1.62. The van der Waals surface area contributed by atoms with Crippen LogP contribution in [0.3, 0.4) is 0 Å². The van der Waals surface area contributed by atoms with Crippen molar-refractivity contribution in [3.63, 3.8) is 0 Å². The highest BCUT2D eigenvalue weighted by atomic mass is 32.2. The molecule has 6 nitrogen and oxygen atoms in total. The molecule has 7 heteroatoms. The number of carbonyl (C=O) groups excluding carboxylic acids is 1. The SMILES string of the molecule is CSc1cccc(NC(=O)Cn2c3ccccc3n3c(=O)cc(-c4ccc(C)cc4)nc23)c1. The fraction of sp³-hybridized carbons (Fsp3) is 0.115. The summed E-state index contributed by atoms with van der Waals surface area (Å²) in [5, 5.41) is 2.96. The maximum atomic E-state index is 13.1. The number of aromatic nitrogens is 3. The Bertz CT molecular complexity index is 1550. The van der Waals surface area contributed by atoms with Crippen molar-refractivity contribution >= 4 is 40.2 Å². The first-order valence-electron chi connectivity index (χ1n) is 10.6. The zero-order chi connectivity index (χ0) is 22.9. The lowest BCUT2D eigenvalue weighted by Gasteiger charge is -2.09. The highest BCUT2D eigenvalue weighted by Crippen LogP contribution is 2.23. The third kappa shape index (κ3) is 4.03. The van der Waals surface area contributed by atoms with Gasteiger partial charge in [0.25, 0.3) is 5.56 Å². The Balaban J connectivity index is 1.61. The number of benzene rings is 3. The number of carbonyl (C=O) groups is 1. The molecule has 1 amide bonds. The molecule has 5 rings (SSSR count). The van der Waals surface area contributed by atoms with Gasteiger partial charge in [-0.15, -0.1) is 11.8 Å². The van der Waals surface area contributed by atoms with Crippen LogP contribution in [-0.2, 0) is 11.3 Å². The molecule has 5 aromatic rings. The second kappa shape index (κ2) is 8.60. The lowest BCUT2D eigenvalue weighted by Crippen LogP contribution is -2.20. The molecule has 0 bridgehead atoms. The number of aryl methyl sites for hydroxylation is 1. The van der Waals surface area contributed by atoms with Crippen LogP contribution in [0.5, 0.6) is 0 Å². The van der Waals surface area contributed by atoms with Gasteiger partial charge in [0.2, 0.25) is 11.7 Å². The Hall–Kier alpha value is -3.84. The first kappa shape index (κ1) is 21.0. The Morgan fingerprint density at radius 1 is 0.970 bits per heavy atom. The number of hydrogen-bond donors (Lipinski definition) is 1. The molecule has 0 atom stereocenters. The smallest absolute Gasteiger partial charge is 0.260 e. The third-order valence-corrected chi connectivity index (χ3v) is 6.28. The second-order valence-electron chi connectivity index (χ2n) is 7.84. The van der Waals surface area contributed by atoms with Crippen molar-refractivity contribution < 1.29 is 4.79 Å². The van der Waals surface area contributed by atoms with E-state index in [9.17, 15) is 9.59 Å². The van der Waals surface area contributed by atoms with Gasteiger partial charge < -0.3 is 9.88 Å². The summed E-state index contributed by atoms with van der Waals surface area (Å²) in [6.45, 7) is 2.05. The maximum absolute atomic E-state index is 13.1. The molecule has 0 saturated carbocycles. The van der Waals surface area contributed by atoms with Crippen molar-refractivity contribution in [1.29, 1.82) is 0 Å². The molecule has 0 radical (unpaired) electrons. The number of hydrogen-bond acceptors (Lipinski definition) is 4. The summed E-state index contributed by atoms with van der Waals surface area (Å²) in [7, 11) is 0. The molecule has 0 unspecified atom stereocenters. The normalized spacial score (nSPS) is 11.2. The first-order valence-corrected chi connectivity index (χ1v) is 11.8. The van der Waals surface area contributed by atoms with Crippen LogP contribution < -0.4 is 10.9 Å². The van der Waals surface area contributed by atoms with Crippen molar-refractivity contribution in [3.8, 4) is 11.3 Å². The third-order valence-electron chi connectivity index (χ3n) is 5.56. The van der Waals surface area contributed by atoms with E-state index >= 15 is 0 Å². The van der Waals surface area contributed by atoms with Gasteiger partial charge in [-0.1, -0.05) is 48.0 Å². The lowest BCUT2D eigenvalue weighted by molar-refractivity contribution is -0.116. The average molecular weight is 455 g/mol. The van der Waals surface area contributed by atoms with Gasteiger partial charge >= 0.3 is 0 Å². The molecule has 164 valence electrons. The van der Waals surface area contributed by atoms with Gasteiger partial charge in [0.1, 0.15) is 6.54 Å². The molecule has 0 aliphatic carbocycles. The second-order valence-corrected chi connectivity index (χ2v) is 8.72. The summed E-state index contributed by atoms with van der Waals surface area (Å²) in [5.41, 5.74) is 4.62. The van der Waals surface area contributed by atoms with E-state index in [0.717, 1.165) is 32.7 Å². The predicted octanol–water partition coefficient (Wildman–Crippen LogP) is 4.99. The van der Waals surface area contributed by atoms with Gasteiger partial charge in [0, 0.05) is 22.2 Å². The van der Waals surface area contributed by atoms with Gasteiger partial charge in [-0.3, -0.25) is 9.59 Å². The monoisotopic (exact) mass is 454 g/mol. The number of fused-ring (bicyclic) bond motifs is 3. The minimum atomic E-state index is -0.188. The van der Waals surface area contributed by atoms with Gasteiger partial charge in [0.15, 0.2) is 0 Å². The van der Waals surface area contributed by atoms with Crippen LogP contribution in [0.15, 0.2) is 88.6 Å². The van der Waals surface area contributed by atoms with E-state index in [2.05, 4.69) is 5.32 Å². The average Bonchev–Trinajstić information content (AvgIpc) is 3.13. The number of anilines is 1. The molecule has 0 saturated heterocycles. The number of para-hydroxylation sites is 2. The fourth-order valence-electron chi connectivity index (χ4n) is 3.94. The molecule has 2 heterocycles. The van der Waals surface area contributed by atoms with E-state index in [1.165, 1.54) is 0 Å². The Kier molecular flexibility index (Phi) is 5.48. The van der Waals surface area contributed by atoms with Crippen LogP contribution in [0.2, 0.25) is 0 Å². The zero-order valence-electron chi connectivity index (χ0n) is 18.3. The first-order chi connectivity index (χ1) is 16.0. The van der Waals surface area contributed by atoms with E-state index in [4.69, 9.17) is 4.98 Å². The maximum Gasteiger partial charge on any atom is 0.260 e. The van der Waals surface area contributed by atoms with Gasteiger partial charge in [-0.25, -0.2) is 9.38 Å². The number of imidazole rings is 1. The molecule has 0 aliphatic rings. The molecular formula is C26H22N4O2S. The van der Waals surface area contributed by atoms with Gasteiger partial charge in [-0.05, 0) is 43.5 Å². The van der Waals surface area contributed by atoms with Crippen LogP contribution in [0.1, 0.15) is 5.56 Å². The highest BCUT2D eigenvalue weighted by Gasteiger charge is 2.17. The van der Waals surface area contributed by atoms with Crippen molar-refractivity contribution in [1.82, 2.24) is 14.0 Å². The van der Waals surface area contributed by atoms with Crippen LogP contribution in [0, 0.1) is 6.92 Å². The predicted molar refractivity (Wildman–Crippen MR) is 134 cm³/mol. The lowest BCUT2D eigenvalue weighted by atomic mass is 10.1. The van der Waals surface area contributed by atoms with E-state index in [0.29, 0.717) is 11.5 Å². The van der Waals surface area contributed by atoms with Gasteiger partial charge in [-0.2, -0.15) is 0 Å². The molecule has 0 aliphatic heterocycles. The highest BCUT2D eigenvalue weighted by molar-refractivity contribution is 7.98. The van der Waals surface area contributed by atoms with Crippen molar-refractivity contribution in [2.45, 2.75) is 18.4 Å². The van der Waals surface area contributed by atoms with E-state index in [1.54, 1.807) is 26.8 Å². The largest absolute Gasteiger partial charge is 0.324 e. The summed E-state index contributed by atoms with van der Waals surface area (Å²) in [5.74, 6) is 0.249. The topological polar surface area (TPSA) is 68.4 Å². The van der Waals surface area contributed by atoms with Crippen LogP contribution in [0.25, 0.3) is 28.1 Å². The van der Waals surface area contributed by atoms with E-state index in [-0.39, 0.29) is 18.0 Å². The number of thioether (sulfide) groups is 1. The molecule has 0 spiro atoms. The van der Waals surface area contributed by atoms with Crippen LogP contribution in [-0.4, -0.2) is 26.1 Å². The molecular weight excluding hydrogens is 432 g/mol. The van der Waals surface area contributed by atoms with E-state index < -0.39 is 0 Å². The quantitative estimate of drug-likeness (QED) is 0.380. The minimum absolute atomic E-state index is 0.0320. The number of amides is 1. The number of rotatable bonds is 5. The molecule has 3 aromatic carbocycles. The minimum Gasteiger partial charge on any atom is -0.324 e. The van der Waals surface area contributed by atoms with E-state index in [1.807, 2.05) is 86.0 Å². The zero-order valence-corrected chi connectivity index (χ0v) is 19.1. The summed E-state index contributed by atoms with van der Waals surface area (Å²) < 4.78 is 3.36. The van der Waals surface area contributed by atoms with Crippen molar-refractivity contribution in [2.75, 3.05) is 11.6 Å². The van der Waals surface area contributed by atoms with Crippen LogP contribution in [0.4, 0.5) is 5.69 Å².